The fourth-order valence-corrected chi connectivity index (χ4v) is 1.95. The van der Waals surface area contributed by atoms with Crippen LogP contribution in [0, 0.1) is 0 Å². The third-order valence-electron chi connectivity index (χ3n) is 2.47. The van der Waals surface area contributed by atoms with Crippen molar-refractivity contribution in [2.75, 3.05) is 6.61 Å². The van der Waals surface area contributed by atoms with Crippen LogP contribution in [-0.4, -0.2) is 42.0 Å². The molecule has 0 bridgehead atoms. The lowest BCUT2D eigenvalue weighted by Crippen LogP contribution is -2.31. The van der Waals surface area contributed by atoms with Gasteiger partial charge in [0.2, 0.25) is 0 Å². The maximum atomic E-state index is 9.07. The van der Waals surface area contributed by atoms with Gasteiger partial charge in [-0.3, -0.25) is 0 Å². The van der Waals surface area contributed by atoms with Crippen molar-refractivity contribution in [3.05, 3.63) is 10.4 Å². The van der Waals surface area contributed by atoms with Crippen LogP contribution in [0.3, 0.4) is 0 Å². The molecule has 2 saturated heterocycles. The van der Waals surface area contributed by atoms with E-state index in [2.05, 4.69) is 10.0 Å². The van der Waals surface area contributed by atoms with Gasteiger partial charge in [-0.2, -0.15) is 0 Å². The number of azide groups is 1. The minimum absolute atomic E-state index is 0.182. The number of hydrogen-bond acceptors (Lipinski definition) is 5. The minimum Gasteiger partial charge on any atom is -0.394 e. The lowest BCUT2D eigenvalue weighted by molar-refractivity contribution is -0.189. The molecule has 1 N–H and O–H groups in total. The molecule has 2 aliphatic heterocycles. The number of fused-ring (bicyclic) bond motifs is 1. The molecular weight excluding hydrogens is 202 g/mol. The summed E-state index contributed by atoms with van der Waals surface area (Å²) in [6.07, 6.45) is -2.03. The molecule has 0 amide bonds. The van der Waals surface area contributed by atoms with Crippen LogP contribution in [0.4, 0.5) is 0 Å². The van der Waals surface area contributed by atoms with Crippen molar-refractivity contribution in [2.24, 2.45) is 5.11 Å². The lowest BCUT2D eigenvalue weighted by atomic mass is 10.1. The van der Waals surface area contributed by atoms with Crippen LogP contribution in [0.1, 0.15) is 13.8 Å². The second-order valence-corrected chi connectivity index (χ2v) is 4.02. The number of aliphatic hydroxyl groups excluding tert-OH is 1. The highest BCUT2D eigenvalue weighted by Gasteiger charge is 2.54. The van der Waals surface area contributed by atoms with E-state index < -0.39 is 24.2 Å². The van der Waals surface area contributed by atoms with Crippen LogP contribution in [0.5, 0.6) is 0 Å². The van der Waals surface area contributed by atoms with E-state index in [9.17, 15) is 0 Å². The summed E-state index contributed by atoms with van der Waals surface area (Å²) in [7, 11) is 0. The molecule has 7 nitrogen and oxygen atoms in total. The maximum Gasteiger partial charge on any atom is 0.165 e. The van der Waals surface area contributed by atoms with Crippen molar-refractivity contribution in [1.29, 1.82) is 0 Å². The zero-order valence-corrected chi connectivity index (χ0v) is 8.53. The van der Waals surface area contributed by atoms with Crippen molar-refractivity contribution >= 4 is 0 Å². The molecule has 4 unspecified atom stereocenters. The maximum absolute atomic E-state index is 9.07. The summed E-state index contributed by atoms with van der Waals surface area (Å²) in [6, 6.07) is 0. The molecule has 2 rings (SSSR count). The normalized spacial score (nSPS) is 42.3. The van der Waals surface area contributed by atoms with E-state index in [1.807, 2.05) is 0 Å². The van der Waals surface area contributed by atoms with Crippen molar-refractivity contribution in [1.82, 2.24) is 0 Å². The van der Waals surface area contributed by atoms with E-state index in [1.54, 1.807) is 13.8 Å². The van der Waals surface area contributed by atoms with Gasteiger partial charge in [0, 0.05) is 4.91 Å². The standard InChI is InChI=1S/C8H13N3O4/c1-8(2)14-5-4(3-12)13-7(10-11-9)6(5)15-8/h4-7,12H,3H2,1-2H3. The van der Waals surface area contributed by atoms with Gasteiger partial charge in [-0.25, -0.2) is 0 Å². The Morgan fingerprint density at radius 3 is 2.67 bits per heavy atom. The van der Waals surface area contributed by atoms with Gasteiger partial charge >= 0.3 is 0 Å². The molecule has 84 valence electrons. The van der Waals surface area contributed by atoms with Crippen molar-refractivity contribution in [3.8, 4) is 0 Å². The van der Waals surface area contributed by atoms with Crippen molar-refractivity contribution in [2.45, 2.75) is 44.2 Å². The highest BCUT2D eigenvalue weighted by Crippen LogP contribution is 2.38. The zero-order chi connectivity index (χ0) is 11.1. The Kier molecular flexibility index (Phi) is 2.57. The second-order valence-electron chi connectivity index (χ2n) is 4.02. The van der Waals surface area contributed by atoms with Crippen molar-refractivity contribution < 1.29 is 19.3 Å². The summed E-state index contributed by atoms with van der Waals surface area (Å²) < 4.78 is 16.4. The Morgan fingerprint density at radius 2 is 2.07 bits per heavy atom. The topological polar surface area (TPSA) is 96.7 Å². The Balaban J connectivity index is 2.18. The number of aliphatic hydroxyl groups is 1. The first-order valence-corrected chi connectivity index (χ1v) is 4.73. The summed E-state index contributed by atoms with van der Waals surface area (Å²) in [5.41, 5.74) is 8.36. The zero-order valence-electron chi connectivity index (χ0n) is 8.53. The fourth-order valence-electron chi connectivity index (χ4n) is 1.95. The first-order chi connectivity index (χ1) is 7.07. The van der Waals surface area contributed by atoms with Crippen LogP contribution in [0.2, 0.25) is 0 Å². The average Bonchev–Trinajstić information content (AvgIpc) is 2.61. The first kappa shape index (κ1) is 10.7. The molecule has 0 spiro atoms. The minimum atomic E-state index is -0.726. The smallest absolute Gasteiger partial charge is 0.165 e. The molecule has 0 radical (unpaired) electrons. The number of rotatable bonds is 2. The highest BCUT2D eigenvalue weighted by molar-refractivity contribution is 4.96. The molecule has 15 heavy (non-hydrogen) atoms. The SMILES string of the molecule is CC1(C)OC2C(CO)OC(N=[N+]=[N-])C2O1. The molecule has 7 heteroatoms. The monoisotopic (exact) mass is 215 g/mol. The van der Waals surface area contributed by atoms with Crippen LogP contribution >= 0.6 is 0 Å². The number of ether oxygens (including phenoxy) is 3. The van der Waals surface area contributed by atoms with Gasteiger partial charge in [0.15, 0.2) is 12.0 Å². The number of hydrogen-bond donors (Lipinski definition) is 1. The first-order valence-electron chi connectivity index (χ1n) is 4.73. The van der Waals surface area contributed by atoms with Crippen LogP contribution in [0.25, 0.3) is 10.4 Å². The molecule has 4 atom stereocenters. The van der Waals surface area contributed by atoms with Gasteiger partial charge in [-0.15, -0.1) is 0 Å². The van der Waals surface area contributed by atoms with Gasteiger partial charge < -0.3 is 19.3 Å². The number of nitrogens with zero attached hydrogens (tertiary/aromatic N) is 3. The fraction of sp³-hybridized carbons (Fsp3) is 1.00. The molecule has 2 heterocycles. The summed E-state index contributed by atoms with van der Waals surface area (Å²) in [5.74, 6) is -0.726. The average molecular weight is 215 g/mol. The molecule has 2 fully saturated rings. The largest absolute Gasteiger partial charge is 0.394 e. The van der Waals surface area contributed by atoms with E-state index in [1.165, 1.54) is 0 Å². The molecule has 2 aliphatic rings. The van der Waals surface area contributed by atoms with E-state index in [-0.39, 0.29) is 12.7 Å². The lowest BCUT2D eigenvalue weighted by Gasteiger charge is -2.21. The highest BCUT2D eigenvalue weighted by atomic mass is 16.8. The second kappa shape index (κ2) is 3.62. The Hall–Kier alpha value is -0.850. The van der Waals surface area contributed by atoms with Gasteiger partial charge in [0.05, 0.1) is 6.61 Å². The molecule has 0 aromatic carbocycles. The summed E-state index contributed by atoms with van der Waals surface area (Å²) >= 11 is 0. The third kappa shape index (κ3) is 1.80. The van der Waals surface area contributed by atoms with Crippen LogP contribution in [0.15, 0.2) is 5.11 Å². The Morgan fingerprint density at radius 1 is 1.40 bits per heavy atom. The van der Waals surface area contributed by atoms with E-state index in [4.69, 9.17) is 24.8 Å². The van der Waals surface area contributed by atoms with Crippen LogP contribution < -0.4 is 0 Å². The van der Waals surface area contributed by atoms with Crippen molar-refractivity contribution in [3.63, 3.8) is 0 Å². The van der Waals surface area contributed by atoms with E-state index in [0.717, 1.165) is 0 Å². The quantitative estimate of drug-likeness (QED) is 0.413. The summed E-state index contributed by atoms with van der Waals surface area (Å²) in [5, 5.41) is 12.5. The van der Waals surface area contributed by atoms with Crippen LogP contribution in [-0.2, 0) is 14.2 Å². The van der Waals surface area contributed by atoms with E-state index >= 15 is 0 Å². The van der Waals surface area contributed by atoms with Gasteiger partial charge in [0.1, 0.15) is 18.3 Å². The predicted octanol–water partition coefficient (Wildman–Crippen LogP) is 0.534. The van der Waals surface area contributed by atoms with Gasteiger partial charge in [-0.05, 0) is 19.4 Å². The Labute approximate surface area is 86.6 Å². The van der Waals surface area contributed by atoms with Gasteiger partial charge in [-0.1, -0.05) is 5.11 Å². The van der Waals surface area contributed by atoms with Gasteiger partial charge in [0.25, 0.3) is 0 Å². The molecule has 0 saturated carbocycles. The third-order valence-corrected chi connectivity index (χ3v) is 2.47. The molecule has 0 aromatic rings. The molecule has 0 aromatic heterocycles. The summed E-state index contributed by atoms with van der Waals surface area (Å²) in [6.45, 7) is 3.36. The summed E-state index contributed by atoms with van der Waals surface area (Å²) in [4.78, 5) is 2.68. The molecule has 0 aliphatic carbocycles. The molecular formula is C8H13N3O4. The predicted molar refractivity (Wildman–Crippen MR) is 48.7 cm³/mol. The van der Waals surface area contributed by atoms with E-state index in [0.29, 0.717) is 0 Å². The Bertz CT molecular complexity index is 302.